The normalized spacial score (nSPS) is 24.6. The smallest absolute Gasteiger partial charge is 0.0152 e. The lowest BCUT2D eigenvalue weighted by Gasteiger charge is -2.02. The molecule has 2 unspecified atom stereocenters. The molecule has 0 saturated heterocycles. The van der Waals surface area contributed by atoms with Gasteiger partial charge in [0.15, 0.2) is 0 Å². The molecule has 0 radical (unpaired) electrons. The summed E-state index contributed by atoms with van der Waals surface area (Å²) in [5.74, 6) is 0.505. The van der Waals surface area contributed by atoms with Crippen LogP contribution < -0.4 is 5.32 Å². The zero-order valence-corrected chi connectivity index (χ0v) is 8.24. The average molecular weight is 188 g/mol. The van der Waals surface area contributed by atoms with E-state index >= 15 is 0 Å². The molecule has 14 heavy (non-hydrogen) atoms. The maximum Gasteiger partial charge on any atom is 0.0152 e. The maximum absolute atomic E-state index is 7.08. The Morgan fingerprint density at radius 3 is 2.79 bits per heavy atom. The van der Waals surface area contributed by atoms with Crippen LogP contribution in [0.15, 0.2) is 30.3 Å². The molecule has 1 fully saturated rings. The minimum Gasteiger partial charge on any atom is -0.313 e. The van der Waals surface area contributed by atoms with Gasteiger partial charge in [-0.15, -0.1) is 0 Å². The van der Waals surface area contributed by atoms with Gasteiger partial charge in [-0.2, -0.15) is 0 Å². The molecule has 0 spiro atoms. The van der Waals surface area contributed by atoms with Gasteiger partial charge in [-0.3, -0.25) is 0 Å². The molecule has 0 amide bonds. The Balaban J connectivity index is 1.67. The Labute approximate surface area is 84.9 Å². The lowest BCUT2D eigenvalue weighted by atomic mass is 10.1. The van der Waals surface area contributed by atoms with Crippen molar-refractivity contribution in [1.29, 1.82) is 5.41 Å². The topological polar surface area (TPSA) is 35.9 Å². The van der Waals surface area contributed by atoms with Crippen LogP contribution in [0.25, 0.3) is 0 Å². The van der Waals surface area contributed by atoms with E-state index in [-0.39, 0.29) is 0 Å². The number of hydrogen-bond donors (Lipinski definition) is 2. The third kappa shape index (κ3) is 2.42. The highest BCUT2D eigenvalue weighted by Crippen LogP contribution is 2.27. The van der Waals surface area contributed by atoms with E-state index in [1.165, 1.54) is 5.56 Å². The third-order valence-electron chi connectivity index (χ3n) is 2.72. The van der Waals surface area contributed by atoms with Gasteiger partial charge in [0.1, 0.15) is 0 Å². The minimum absolute atomic E-state index is 0.505. The van der Waals surface area contributed by atoms with E-state index < -0.39 is 0 Å². The van der Waals surface area contributed by atoms with Gasteiger partial charge in [-0.25, -0.2) is 0 Å². The minimum atomic E-state index is 0.505. The predicted molar refractivity (Wildman–Crippen MR) is 58.8 cm³/mol. The molecule has 1 aliphatic carbocycles. The molecule has 0 aliphatic heterocycles. The molecule has 2 rings (SSSR count). The molecule has 0 heterocycles. The number of nitrogens with one attached hydrogen (secondary N) is 2. The molecule has 1 aromatic rings. The summed E-state index contributed by atoms with van der Waals surface area (Å²) in [7, 11) is 0. The van der Waals surface area contributed by atoms with E-state index in [4.69, 9.17) is 5.41 Å². The van der Waals surface area contributed by atoms with E-state index in [1.54, 1.807) is 6.21 Å². The van der Waals surface area contributed by atoms with Crippen molar-refractivity contribution >= 4 is 6.21 Å². The highest BCUT2D eigenvalue weighted by atomic mass is 15.0. The number of benzene rings is 1. The van der Waals surface area contributed by atoms with Gasteiger partial charge < -0.3 is 10.7 Å². The van der Waals surface area contributed by atoms with Gasteiger partial charge in [-0.05, 0) is 31.2 Å². The summed E-state index contributed by atoms with van der Waals surface area (Å²) in [5.41, 5.74) is 1.38. The molecule has 1 aliphatic rings. The van der Waals surface area contributed by atoms with Gasteiger partial charge in [0, 0.05) is 12.0 Å². The van der Waals surface area contributed by atoms with Crippen LogP contribution in [-0.2, 0) is 6.42 Å². The second-order valence-electron chi connectivity index (χ2n) is 3.86. The predicted octanol–water partition coefficient (Wildman–Crippen LogP) is 1.86. The second-order valence-corrected chi connectivity index (χ2v) is 3.86. The molecule has 2 heteroatoms. The summed E-state index contributed by atoms with van der Waals surface area (Å²) in [6, 6.07) is 11.1. The number of rotatable bonds is 5. The monoisotopic (exact) mass is 188 g/mol. The van der Waals surface area contributed by atoms with Crippen LogP contribution in [0, 0.1) is 11.3 Å². The lowest BCUT2D eigenvalue weighted by molar-refractivity contribution is 0.670. The molecule has 74 valence electrons. The summed E-state index contributed by atoms with van der Waals surface area (Å²) in [5, 5.41) is 10.5. The zero-order chi connectivity index (χ0) is 9.80. The van der Waals surface area contributed by atoms with Gasteiger partial charge in [0.25, 0.3) is 0 Å². The Kier molecular flexibility index (Phi) is 2.94. The lowest BCUT2D eigenvalue weighted by Crippen LogP contribution is -2.21. The van der Waals surface area contributed by atoms with Gasteiger partial charge in [-0.1, -0.05) is 30.3 Å². The largest absolute Gasteiger partial charge is 0.313 e. The quantitative estimate of drug-likeness (QED) is 0.680. The summed E-state index contributed by atoms with van der Waals surface area (Å²) in [4.78, 5) is 0. The van der Waals surface area contributed by atoms with Crippen LogP contribution >= 0.6 is 0 Å². The summed E-state index contributed by atoms with van der Waals surface area (Å²) in [6.07, 6.45) is 3.79. The van der Waals surface area contributed by atoms with Crippen molar-refractivity contribution < 1.29 is 0 Å². The first-order valence-electron chi connectivity index (χ1n) is 5.18. The van der Waals surface area contributed by atoms with Crippen LogP contribution in [-0.4, -0.2) is 18.8 Å². The van der Waals surface area contributed by atoms with Crippen molar-refractivity contribution in [2.24, 2.45) is 5.92 Å². The highest BCUT2D eigenvalue weighted by Gasteiger charge is 2.34. The Morgan fingerprint density at radius 2 is 2.14 bits per heavy atom. The highest BCUT2D eigenvalue weighted by molar-refractivity contribution is 5.62. The fraction of sp³-hybridized carbons (Fsp3) is 0.417. The molecule has 2 nitrogen and oxygen atoms in total. The standard InChI is InChI=1S/C12H16N2/c13-9-11-8-12(11)14-7-6-10-4-2-1-3-5-10/h1-5,9,11-14H,6-8H2. The fourth-order valence-corrected chi connectivity index (χ4v) is 1.68. The van der Waals surface area contributed by atoms with E-state index in [0.29, 0.717) is 12.0 Å². The van der Waals surface area contributed by atoms with E-state index in [1.807, 2.05) is 6.07 Å². The molecule has 2 atom stereocenters. The van der Waals surface area contributed by atoms with Crippen molar-refractivity contribution in [3.63, 3.8) is 0 Å². The molecule has 0 bridgehead atoms. The van der Waals surface area contributed by atoms with Crippen LogP contribution in [0.3, 0.4) is 0 Å². The van der Waals surface area contributed by atoms with Crippen molar-refractivity contribution in [3.8, 4) is 0 Å². The fourth-order valence-electron chi connectivity index (χ4n) is 1.68. The van der Waals surface area contributed by atoms with Crippen molar-refractivity contribution in [1.82, 2.24) is 5.32 Å². The Morgan fingerprint density at radius 1 is 1.36 bits per heavy atom. The number of hydrogen-bond acceptors (Lipinski definition) is 2. The van der Waals surface area contributed by atoms with Crippen LogP contribution in [0.2, 0.25) is 0 Å². The summed E-state index contributed by atoms with van der Waals surface area (Å²) >= 11 is 0. The first-order valence-corrected chi connectivity index (χ1v) is 5.18. The molecule has 2 N–H and O–H groups in total. The first-order chi connectivity index (χ1) is 6.90. The Hall–Kier alpha value is -1.15. The SMILES string of the molecule is N=CC1CC1NCCc1ccccc1. The summed E-state index contributed by atoms with van der Waals surface area (Å²) < 4.78 is 0. The van der Waals surface area contributed by atoms with E-state index in [9.17, 15) is 0 Å². The van der Waals surface area contributed by atoms with E-state index in [0.717, 1.165) is 19.4 Å². The van der Waals surface area contributed by atoms with Crippen molar-refractivity contribution in [2.75, 3.05) is 6.54 Å². The molecular weight excluding hydrogens is 172 g/mol. The third-order valence-corrected chi connectivity index (χ3v) is 2.72. The second kappa shape index (κ2) is 4.38. The Bertz CT molecular complexity index is 294. The molecule has 1 saturated carbocycles. The van der Waals surface area contributed by atoms with Crippen molar-refractivity contribution in [2.45, 2.75) is 18.9 Å². The van der Waals surface area contributed by atoms with Crippen LogP contribution in [0.4, 0.5) is 0 Å². The van der Waals surface area contributed by atoms with Crippen molar-refractivity contribution in [3.05, 3.63) is 35.9 Å². The van der Waals surface area contributed by atoms with E-state index in [2.05, 4.69) is 29.6 Å². The van der Waals surface area contributed by atoms with Gasteiger partial charge in [0.05, 0.1) is 0 Å². The average Bonchev–Trinajstić information content (AvgIpc) is 2.98. The maximum atomic E-state index is 7.08. The first kappa shape index (κ1) is 9.41. The van der Waals surface area contributed by atoms with Crippen LogP contribution in [0.1, 0.15) is 12.0 Å². The zero-order valence-electron chi connectivity index (χ0n) is 8.24. The van der Waals surface area contributed by atoms with Crippen LogP contribution in [0.5, 0.6) is 0 Å². The molecule has 1 aromatic carbocycles. The molecule has 0 aromatic heterocycles. The van der Waals surface area contributed by atoms with Gasteiger partial charge in [0.2, 0.25) is 0 Å². The molecular formula is C12H16N2. The van der Waals surface area contributed by atoms with Gasteiger partial charge >= 0.3 is 0 Å². The summed E-state index contributed by atoms with van der Waals surface area (Å²) in [6.45, 7) is 1.03.